The average molecular weight is 311 g/mol. The van der Waals surface area contributed by atoms with Crippen LogP contribution >= 0.6 is 0 Å². The Morgan fingerprint density at radius 2 is 1.14 bits per heavy atom. The lowest BCUT2D eigenvalue weighted by molar-refractivity contribution is -0.135. The van der Waals surface area contributed by atoms with Gasteiger partial charge in [0.05, 0.1) is 0 Å². The van der Waals surface area contributed by atoms with Gasteiger partial charge in [-0.15, -0.1) is 0 Å². The second-order valence-electron chi connectivity index (χ2n) is 7.24. The molecule has 0 saturated heterocycles. The molecule has 0 atom stereocenters. The minimum atomic E-state index is -0.0289. The number of rotatable bonds is 17. The number of unbranched alkanes of at least 4 members (excludes halogenated alkanes) is 13. The molecule has 1 saturated carbocycles. The van der Waals surface area contributed by atoms with E-state index in [1.54, 1.807) is 0 Å². The molecular formula is C20H38O2. The molecule has 0 bridgehead atoms. The summed E-state index contributed by atoms with van der Waals surface area (Å²) < 4.78 is 5.17. The zero-order valence-corrected chi connectivity index (χ0v) is 14.9. The second kappa shape index (κ2) is 13.0. The molecule has 0 aromatic heterocycles. The maximum atomic E-state index is 10.4. The smallest absolute Gasteiger partial charge is 0.293 e. The van der Waals surface area contributed by atoms with Crippen LogP contribution in [0.25, 0.3) is 0 Å². The van der Waals surface area contributed by atoms with Crippen LogP contribution in [0.2, 0.25) is 0 Å². The maximum absolute atomic E-state index is 10.4. The van der Waals surface area contributed by atoms with E-state index in [0.717, 1.165) is 19.3 Å². The van der Waals surface area contributed by atoms with Crippen molar-refractivity contribution in [3.63, 3.8) is 0 Å². The lowest BCUT2D eigenvalue weighted by Crippen LogP contribution is -2.12. The van der Waals surface area contributed by atoms with E-state index in [0.29, 0.717) is 6.47 Å². The Bertz CT molecular complexity index is 258. The van der Waals surface area contributed by atoms with Crippen LogP contribution in [0.3, 0.4) is 0 Å². The topological polar surface area (TPSA) is 26.3 Å². The summed E-state index contributed by atoms with van der Waals surface area (Å²) in [5, 5.41) is 0. The van der Waals surface area contributed by atoms with Crippen LogP contribution in [-0.4, -0.2) is 12.1 Å². The molecule has 2 nitrogen and oxygen atoms in total. The summed E-state index contributed by atoms with van der Waals surface area (Å²) in [6.45, 7) is 2.92. The van der Waals surface area contributed by atoms with Crippen LogP contribution in [0.5, 0.6) is 0 Å². The normalized spacial score (nSPS) is 15.7. The maximum Gasteiger partial charge on any atom is 0.293 e. The third kappa shape index (κ3) is 10.2. The van der Waals surface area contributed by atoms with E-state index in [1.807, 2.05) is 0 Å². The molecule has 0 amide bonds. The molecule has 1 aliphatic rings. The third-order valence-corrected chi connectivity index (χ3v) is 5.09. The highest BCUT2D eigenvalue weighted by Crippen LogP contribution is 2.43. The van der Waals surface area contributed by atoms with Gasteiger partial charge in [-0.25, -0.2) is 0 Å². The van der Waals surface area contributed by atoms with Crippen molar-refractivity contribution in [1.82, 2.24) is 0 Å². The van der Waals surface area contributed by atoms with Crippen molar-refractivity contribution < 1.29 is 9.53 Å². The standard InChI is InChI=1S/C20H38O2/c1-2-3-4-5-6-7-8-9-10-11-12-13-14-15-16-20(17-18-20)22-19-21/h19H,2-18H2,1H3. The molecule has 1 fully saturated rings. The predicted octanol–water partition coefficient (Wildman–Crippen LogP) is 6.56. The summed E-state index contributed by atoms with van der Waals surface area (Å²) in [4.78, 5) is 10.4. The Balaban J connectivity index is 1.71. The summed E-state index contributed by atoms with van der Waals surface area (Å²) in [5.41, 5.74) is -0.0289. The van der Waals surface area contributed by atoms with Crippen molar-refractivity contribution in [3.8, 4) is 0 Å². The van der Waals surface area contributed by atoms with Gasteiger partial charge < -0.3 is 4.74 Å². The lowest BCUT2D eigenvalue weighted by atomic mass is 10.0. The Kier molecular flexibility index (Phi) is 11.5. The minimum Gasteiger partial charge on any atom is -0.461 e. The van der Waals surface area contributed by atoms with E-state index in [-0.39, 0.29) is 5.60 Å². The summed E-state index contributed by atoms with van der Waals surface area (Å²) >= 11 is 0. The molecule has 22 heavy (non-hydrogen) atoms. The fourth-order valence-corrected chi connectivity index (χ4v) is 3.31. The van der Waals surface area contributed by atoms with Crippen molar-refractivity contribution in [1.29, 1.82) is 0 Å². The van der Waals surface area contributed by atoms with Crippen LogP contribution in [0.4, 0.5) is 0 Å². The zero-order chi connectivity index (χ0) is 15.9. The summed E-state index contributed by atoms with van der Waals surface area (Å²) in [6.07, 6.45) is 22.8. The van der Waals surface area contributed by atoms with Gasteiger partial charge in [-0.1, -0.05) is 90.4 Å². The molecule has 130 valence electrons. The van der Waals surface area contributed by atoms with E-state index in [9.17, 15) is 4.79 Å². The summed E-state index contributed by atoms with van der Waals surface area (Å²) in [7, 11) is 0. The second-order valence-corrected chi connectivity index (χ2v) is 7.24. The molecule has 0 aliphatic heterocycles. The van der Waals surface area contributed by atoms with Crippen LogP contribution in [0.15, 0.2) is 0 Å². The first kappa shape index (κ1) is 19.5. The van der Waals surface area contributed by atoms with Crippen LogP contribution in [0.1, 0.15) is 116 Å². The largest absolute Gasteiger partial charge is 0.461 e. The van der Waals surface area contributed by atoms with E-state index >= 15 is 0 Å². The Morgan fingerprint density at radius 3 is 1.50 bits per heavy atom. The van der Waals surface area contributed by atoms with Crippen molar-refractivity contribution in [2.24, 2.45) is 0 Å². The highest BCUT2D eigenvalue weighted by molar-refractivity contribution is 5.39. The number of carbonyl (C=O) groups excluding carboxylic acids is 1. The first-order chi connectivity index (χ1) is 10.8. The van der Waals surface area contributed by atoms with Gasteiger partial charge in [0.25, 0.3) is 6.47 Å². The molecule has 0 radical (unpaired) electrons. The first-order valence-corrected chi connectivity index (χ1v) is 9.94. The van der Waals surface area contributed by atoms with Crippen molar-refractivity contribution in [2.45, 2.75) is 122 Å². The number of hydrogen-bond acceptors (Lipinski definition) is 2. The third-order valence-electron chi connectivity index (χ3n) is 5.09. The quantitative estimate of drug-likeness (QED) is 0.224. The predicted molar refractivity (Wildman–Crippen MR) is 94.0 cm³/mol. The van der Waals surface area contributed by atoms with Crippen LogP contribution in [-0.2, 0) is 9.53 Å². The highest BCUT2D eigenvalue weighted by atomic mass is 16.5. The number of carbonyl (C=O) groups is 1. The van der Waals surface area contributed by atoms with E-state index in [2.05, 4.69) is 6.92 Å². The van der Waals surface area contributed by atoms with Crippen molar-refractivity contribution >= 4 is 6.47 Å². The van der Waals surface area contributed by atoms with Crippen LogP contribution in [0, 0.1) is 0 Å². The first-order valence-electron chi connectivity index (χ1n) is 9.94. The highest BCUT2D eigenvalue weighted by Gasteiger charge is 2.44. The average Bonchev–Trinajstić information content (AvgIpc) is 3.28. The molecule has 0 aromatic carbocycles. The molecule has 0 spiro atoms. The number of hydrogen-bond donors (Lipinski definition) is 0. The van der Waals surface area contributed by atoms with Gasteiger partial charge in [-0.05, 0) is 25.7 Å². The Morgan fingerprint density at radius 1 is 0.727 bits per heavy atom. The zero-order valence-electron chi connectivity index (χ0n) is 14.9. The Labute approximate surface area is 138 Å². The Hall–Kier alpha value is -0.530. The summed E-state index contributed by atoms with van der Waals surface area (Å²) in [5.74, 6) is 0. The summed E-state index contributed by atoms with van der Waals surface area (Å²) in [6, 6.07) is 0. The van der Waals surface area contributed by atoms with Gasteiger partial charge in [0.15, 0.2) is 0 Å². The fraction of sp³-hybridized carbons (Fsp3) is 0.950. The molecule has 0 unspecified atom stereocenters. The molecule has 2 heteroatoms. The SMILES string of the molecule is CCCCCCCCCCCCCCCCC1(OC=O)CC1. The van der Waals surface area contributed by atoms with Crippen molar-refractivity contribution in [2.75, 3.05) is 0 Å². The van der Waals surface area contributed by atoms with Gasteiger partial charge in [-0.2, -0.15) is 0 Å². The molecule has 1 aliphatic carbocycles. The molecule has 1 rings (SSSR count). The fourth-order valence-electron chi connectivity index (χ4n) is 3.31. The van der Waals surface area contributed by atoms with Crippen molar-refractivity contribution in [3.05, 3.63) is 0 Å². The minimum absolute atomic E-state index is 0.0289. The van der Waals surface area contributed by atoms with Gasteiger partial charge in [0.1, 0.15) is 5.60 Å². The monoisotopic (exact) mass is 310 g/mol. The number of ether oxygens (including phenoxy) is 1. The van der Waals surface area contributed by atoms with Crippen LogP contribution < -0.4 is 0 Å². The molecular weight excluding hydrogens is 272 g/mol. The van der Waals surface area contributed by atoms with Gasteiger partial charge in [-0.3, -0.25) is 4.79 Å². The van der Waals surface area contributed by atoms with E-state index < -0.39 is 0 Å². The van der Waals surface area contributed by atoms with E-state index in [4.69, 9.17) is 4.74 Å². The van der Waals surface area contributed by atoms with Gasteiger partial charge in [0, 0.05) is 0 Å². The molecule has 0 heterocycles. The van der Waals surface area contributed by atoms with Gasteiger partial charge >= 0.3 is 0 Å². The molecule has 0 aromatic rings. The molecule has 0 N–H and O–H groups in total. The van der Waals surface area contributed by atoms with Gasteiger partial charge in [0.2, 0.25) is 0 Å². The lowest BCUT2D eigenvalue weighted by Gasteiger charge is -2.12. The van der Waals surface area contributed by atoms with E-state index in [1.165, 1.54) is 89.9 Å².